The second-order valence-corrected chi connectivity index (χ2v) is 5.98. The van der Waals surface area contributed by atoms with Crippen LogP contribution in [0.2, 0.25) is 0 Å². The van der Waals surface area contributed by atoms with Gasteiger partial charge in [-0.3, -0.25) is 0 Å². The SMILES string of the molecule is COc1cc2cc3c4ccc5c(c4cc[n+]3cc2cc1OC)OCO5. The monoisotopic (exact) mass is 334 g/mol. The first-order valence-electron chi connectivity index (χ1n) is 8.00. The van der Waals surface area contributed by atoms with Crippen molar-refractivity contribution in [2.75, 3.05) is 21.0 Å². The quantitative estimate of drug-likeness (QED) is 0.320. The molecule has 3 heterocycles. The fourth-order valence-corrected chi connectivity index (χ4v) is 3.47. The Labute approximate surface area is 143 Å². The molecule has 5 heteroatoms. The van der Waals surface area contributed by atoms with Crippen LogP contribution in [-0.4, -0.2) is 21.0 Å². The zero-order valence-electron chi connectivity index (χ0n) is 13.9. The first kappa shape index (κ1) is 14.2. The van der Waals surface area contributed by atoms with Crippen molar-refractivity contribution in [1.82, 2.24) is 0 Å². The number of benzene rings is 2. The van der Waals surface area contributed by atoms with E-state index in [0.717, 1.165) is 50.1 Å². The zero-order chi connectivity index (χ0) is 17.0. The molecule has 0 amide bonds. The first-order valence-corrected chi connectivity index (χ1v) is 8.00. The summed E-state index contributed by atoms with van der Waals surface area (Å²) in [6.07, 6.45) is 4.13. The maximum Gasteiger partial charge on any atom is 0.231 e. The van der Waals surface area contributed by atoms with E-state index in [1.54, 1.807) is 14.2 Å². The number of fused-ring (bicyclic) bond motifs is 6. The Morgan fingerprint density at radius 1 is 0.880 bits per heavy atom. The van der Waals surface area contributed by atoms with Crippen LogP contribution in [0, 0.1) is 0 Å². The van der Waals surface area contributed by atoms with Crippen LogP contribution in [0.3, 0.4) is 0 Å². The highest BCUT2D eigenvalue weighted by Crippen LogP contribution is 2.40. The molecule has 124 valence electrons. The van der Waals surface area contributed by atoms with Gasteiger partial charge in [0, 0.05) is 17.5 Å². The maximum atomic E-state index is 5.65. The minimum absolute atomic E-state index is 0.272. The van der Waals surface area contributed by atoms with E-state index in [1.807, 2.05) is 24.4 Å². The van der Waals surface area contributed by atoms with Crippen molar-refractivity contribution in [3.63, 3.8) is 0 Å². The van der Waals surface area contributed by atoms with E-state index in [-0.39, 0.29) is 6.79 Å². The molecule has 0 N–H and O–H groups in total. The Balaban J connectivity index is 1.86. The van der Waals surface area contributed by atoms with Gasteiger partial charge in [-0.25, -0.2) is 0 Å². The largest absolute Gasteiger partial charge is 0.493 e. The molecule has 0 saturated carbocycles. The summed E-state index contributed by atoms with van der Waals surface area (Å²) in [5.41, 5.74) is 1.09. The molecule has 25 heavy (non-hydrogen) atoms. The molecule has 4 aromatic rings. The summed E-state index contributed by atoms with van der Waals surface area (Å²) in [6, 6.07) is 12.2. The van der Waals surface area contributed by atoms with Gasteiger partial charge in [-0.15, -0.1) is 0 Å². The number of ether oxygens (including phenoxy) is 4. The molecule has 0 spiro atoms. The van der Waals surface area contributed by atoms with Crippen molar-refractivity contribution in [2.45, 2.75) is 0 Å². The summed E-state index contributed by atoms with van der Waals surface area (Å²) in [6.45, 7) is 0.272. The van der Waals surface area contributed by atoms with Crippen molar-refractivity contribution in [3.8, 4) is 23.0 Å². The fraction of sp³-hybridized carbons (Fsp3) is 0.150. The van der Waals surface area contributed by atoms with E-state index < -0.39 is 0 Å². The average Bonchev–Trinajstić information content (AvgIpc) is 3.14. The molecule has 2 aromatic carbocycles. The topological polar surface area (TPSA) is 41.0 Å². The summed E-state index contributed by atoms with van der Waals surface area (Å²) < 4.78 is 24.1. The van der Waals surface area contributed by atoms with E-state index in [1.165, 1.54) is 0 Å². The third-order valence-electron chi connectivity index (χ3n) is 4.69. The number of methoxy groups -OCH3 is 2. The standard InChI is InChI=1S/C20H16NO4/c1-22-18-8-12-7-16-14-3-4-17-20(25-11-24-17)15(14)5-6-21(16)10-13(12)9-19(18)23-2/h3-10H,11H2,1-2H3/q+1. The summed E-state index contributed by atoms with van der Waals surface area (Å²) >= 11 is 0. The van der Waals surface area contributed by atoms with Gasteiger partial charge in [0.05, 0.1) is 25.0 Å². The molecule has 0 saturated heterocycles. The van der Waals surface area contributed by atoms with Crippen LogP contribution in [0.5, 0.6) is 23.0 Å². The van der Waals surface area contributed by atoms with Gasteiger partial charge >= 0.3 is 0 Å². The van der Waals surface area contributed by atoms with Crippen LogP contribution in [0.15, 0.2) is 48.8 Å². The molecule has 0 aliphatic carbocycles. The number of nitrogens with zero attached hydrogens (tertiary/aromatic N) is 1. The van der Waals surface area contributed by atoms with Gasteiger partial charge in [-0.2, -0.15) is 4.40 Å². The van der Waals surface area contributed by atoms with Gasteiger partial charge in [-0.05, 0) is 29.7 Å². The Hall–Kier alpha value is -3.21. The van der Waals surface area contributed by atoms with Crippen LogP contribution >= 0.6 is 0 Å². The highest BCUT2D eigenvalue weighted by atomic mass is 16.7. The molecule has 1 aliphatic heterocycles. The van der Waals surface area contributed by atoms with Crippen molar-refractivity contribution in [3.05, 3.63) is 48.8 Å². The molecule has 0 radical (unpaired) electrons. The lowest BCUT2D eigenvalue weighted by atomic mass is 10.1. The minimum Gasteiger partial charge on any atom is -0.493 e. The van der Waals surface area contributed by atoms with Gasteiger partial charge in [0.15, 0.2) is 35.4 Å². The summed E-state index contributed by atoms with van der Waals surface area (Å²) in [7, 11) is 3.30. The second kappa shape index (κ2) is 5.14. The summed E-state index contributed by atoms with van der Waals surface area (Å²) in [4.78, 5) is 0. The van der Waals surface area contributed by atoms with Gasteiger partial charge in [0.25, 0.3) is 0 Å². The number of aromatic nitrogens is 1. The molecular weight excluding hydrogens is 318 g/mol. The van der Waals surface area contributed by atoms with Gasteiger partial charge in [0.1, 0.15) is 0 Å². The lowest BCUT2D eigenvalue weighted by Crippen LogP contribution is -2.20. The molecule has 5 nitrogen and oxygen atoms in total. The first-order chi connectivity index (χ1) is 12.3. The van der Waals surface area contributed by atoms with Crippen LogP contribution in [-0.2, 0) is 0 Å². The third-order valence-corrected chi connectivity index (χ3v) is 4.69. The molecule has 0 fully saturated rings. The van der Waals surface area contributed by atoms with Gasteiger partial charge < -0.3 is 18.9 Å². The maximum absolute atomic E-state index is 5.65. The van der Waals surface area contributed by atoms with Crippen LogP contribution < -0.4 is 23.3 Å². The van der Waals surface area contributed by atoms with Crippen molar-refractivity contribution in [1.29, 1.82) is 0 Å². The lowest BCUT2D eigenvalue weighted by Gasteiger charge is -2.09. The number of pyridine rings is 2. The van der Waals surface area contributed by atoms with Crippen molar-refractivity contribution < 1.29 is 23.3 Å². The van der Waals surface area contributed by atoms with Crippen molar-refractivity contribution in [2.24, 2.45) is 0 Å². The van der Waals surface area contributed by atoms with E-state index in [2.05, 4.69) is 28.8 Å². The van der Waals surface area contributed by atoms with Gasteiger partial charge in [-0.1, -0.05) is 0 Å². The van der Waals surface area contributed by atoms with E-state index in [4.69, 9.17) is 18.9 Å². The van der Waals surface area contributed by atoms with E-state index in [0.29, 0.717) is 0 Å². The molecule has 0 atom stereocenters. The lowest BCUT2D eigenvalue weighted by molar-refractivity contribution is -0.509. The Kier molecular flexibility index (Phi) is 2.91. The minimum atomic E-state index is 0.272. The average molecular weight is 334 g/mol. The second-order valence-electron chi connectivity index (χ2n) is 5.98. The Bertz CT molecular complexity index is 1150. The molecule has 2 aromatic heterocycles. The Morgan fingerprint density at radius 2 is 1.68 bits per heavy atom. The number of rotatable bonds is 2. The smallest absolute Gasteiger partial charge is 0.231 e. The number of hydrogen-bond acceptors (Lipinski definition) is 4. The molecule has 0 unspecified atom stereocenters. The Morgan fingerprint density at radius 3 is 2.48 bits per heavy atom. The number of hydrogen-bond donors (Lipinski definition) is 0. The van der Waals surface area contributed by atoms with E-state index >= 15 is 0 Å². The molecule has 5 rings (SSSR count). The highest BCUT2D eigenvalue weighted by molar-refractivity contribution is 6.01. The van der Waals surface area contributed by atoms with E-state index in [9.17, 15) is 0 Å². The van der Waals surface area contributed by atoms with Crippen LogP contribution in [0.25, 0.3) is 27.1 Å². The zero-order valence-corrected chi connectivity index (χ0v) is 13.9. The van der Waals surface area contributed by atoms with Crippen molar-refractivity contribution >= 4 is 27.1 Å². The molecular formula is C20H16NO4+. The third kappa shape index (κ3) is 1.99. The highest BCUT2D eigenvalue weighted by Gasteiger charge is 2.20. The summed E-state index contributed by atoms with van der Waals surface area (Å²) in [5, 5.41) is 4.33. The fourth-order valence-electron chi connectivity index (χ4n) is 3.47. The van der Waals surface area contributed by atoms with Crippen LogP contribution in [0.4, 0.5) is 0 Å². The van der Waals surface area contributed by atoms with Gasteiger partial charge in [0.2, 0.25) is 12.3 Å². The van der Waals surface area contributed by atoms with Crippen LogP contribution in [0.1, 0.15) is 0 Å². The molecule has 1 aliphatic rings. The normalized spacial score (nSPS) is 12.9. The predicted octanol–water partition coefficient (Wildman–Crippen LogP) is 3.48. The predicted molar refractivity (Wildman–Crippen MR) is 93.8 cm³/mol. The summed E-state index contributed by atoms with van der Waals surface area (Å²) in [5.74, 6) is 3.05. The molecule has 0 bridgehead atoms.